The lowest BCUT2D eigenvalue weighted by Gasteiger charge is -2.40. The quantitative estimate of drug-likeness (QED) is 0.252. The lowest BCUT2D eigenvalue weighted by Crippen LogP contribution is -2.44. The van der Waals surface area contributed by atoms with Gasteiger partial charge in [-0.1, -0.05) is 83.7 Å². The van der Waals surface area contributed by atoms with Crippen LogP contribution in [0.2, 0.25) is 18.1 Å². The smallest absolute Gasteiger partial charge is 0.192 e. The molecule has 2 nitrogen and oxygen atoms in total. The van der Waals surface area contributed by atoms with Crippen LogP contribution in [0.5, 0.6) is 0 Å². The van der Waals surface area contributed by atoms with Gasteiger partial charge in [0, 0.05) is 12.7 Å². The van der Waals surface area contributed by atoms with Gasteiger partial charge in [-0.25, -0.2) is 0 Å². The molecule has 0 spiro atoms. The van der Waals surface area contributed by atoms with E-state index in [4.69, 9.17) is 4.43 Å². The Hall–Kier alpha value is -0.643. The Balaban J connectivity index is 2.11. The Morgan fingerprint density at radius 2 is 1.84 bits per heavy atom. The van der Waals surface area contributed by atoms with Crippen molar-refractivity contribution in [3.05, 3.63) is 35.4 Å². The third kappa shape index (κ3) is 7.70. The van der Waals surface area contributed by atoms with Crippen LogP contribution >= 0.6 is 0 Å². The van der Waals surface area contributed by atoms with Gasteiger partial charge in [-0.05, 0) is 86.4 Å². The van der Waals surface area contributed by atoms with Crippen molar-refractivity contribution in [2.24, 2.45) is 23.7 Å². The molecule has 0 saturated heterocycles. The van der Waals surface area contributed by atoms with Gasteiger partial charge in [-0.2, -0.15) is 0 Å². The van der Waals surface area contributed by atoms with Gasteiger partial charge in [0.05, 0.1) is 0 Å². The summed E-state index contributed by atoms with van der Waals surface area (Å²) in [6.45, 7) is 19.1. The minimum Gasteiger partial charge on any atom is -0.414 e. The number of hydrogen-bond donors (Lipinski definition) is 1. The van der Waals surface area contributed by atoms with E-state index >= 15 is 0 Å². The standard InChI is InChI=1S/C29H52O2Si/c1-9-10-11-15-26(31-32(7,8)29(4,5)6)16-17-27-23(3)19-25(21-30)28(27)20-24-14-12-13-22(2)18-24/h12-14,18,23,25-28,30H,9-11,15-17,19-21H2,1-8H3/t23-,25-,26+,27+,28+/m1/s1. The van der Waals surface area contributed by atoms with Gasteiger partial charge in [0.1, 0.15) is 0 Å². The van der Waals surface area contributed by atoms with E-state index < -0.39 is 8.32 Å². The van der Waals surface area contributed by atoms with Gasteiger partial charge in [-0.3, -0.25) is 0 Å². The zero-order valence-electron chi connectivity index (χ0n) is 22.4. The van der Waals surface area contributed by atoms with Crippen molar-refractivity contribution in [1.29, 1.82) is 0 Å². The predicted octanol–water partition coefficient (Wildman–Crippen LogP) is 8.17. The SMILES string of the molecule is CCCCC[C@@H](CC[C@@H]1[C@@H](Cc2cccc(C)c2)[C@@H](CO)C[C@H]1C)O[Si](C)(C)C(C)(C)C. The summed E-state index contributed by atoms with van der Waals surface area (Å²) >= 11 is 0. The second-order valence-electron chi connectivity index (χ2n) is 12.2. The van der Waals surface area contributed by atoms with E-state index in [1.807, 2.05) is 0 Å². The molecule has 0 bridgehead atoms. The lowest BCUT2D eigenvalue weighted by atomic mass is 9.79. The fourth-order valence-corrected chi connectivity index (χ4v) is 7.02. The highest BCUT2D eigenvalue weighted by Gasteiger charge is 2.42. The van der Waals surface area contributed by atoms with Crippen molar-refractivity contribution in [1.82, 2.24) is 0 Å². The second kappa shape index (κ2) is 12.2. The molecule has 0 radical (unpaired) electrons. The van der Waals surface area contributed by atoms with E-state index in [9.17, 15) is 5.11 Å². The molecular formula is C29H52O2Si. The Morgan fingerprint density at radius 3 is 2.44 bits per heavy atom. The van der Waals surface area contributed by atoms with Crippen molar-refractivity contribution >= 4 is 8.32 Å². The summed E-state index contributed by atoms with van der Waals surface area (Å²) in [5.41, 5.74) is 2.77. The molecule has 2 rings (SSSR count). The zero-order valence-corrected chi connectivity index (χ0v) is 23.4. The van der Waals surface area contributed by atoms with Crippen molar-refractivity contribution in [3.8, 4) is 0 Å². The summed E-state index contributed by atoms with van der Waals surface area (Å²) in [5.74, 6) is 2.40. The van der Waals surface area contributed by atoms with Crippen molar-refractivity contribution < 1.29 is 9.53 Å². The third-order valence-electron chi connectivity index (χ3n) is 8.57. The summed E-state index contributed by atoms with van der Waals surface area (Å²) in [7, 11) is -1.77. The minimum atomic E-state index is -1.77. The fraction of sp³-hybridized carbons (Fsp3) is 0.793. The molecule has 32 heavy (non-hydrogen) atoms. The maximum Gasteiger partial charge on any atom is 0.192 e. The Kier molecular flexibility index (Phi) is 10.5. The van der Waals surface area contributed by atoms with Crippen LogP contribution in [0, 0.1) is 30.6 Å². The highest BCUT2D eigenvalue weighted by Crippen LogP contribution is 2.46. The van der Waals surface area contributed by atoms with Gasteiger partial charge in [0.15, 0.2) is 8.32 Å². The van der Waals surface area contributed by atoms with Crippen LogP contribution < -0.4 is 0 Å². The second-order valence-corrected chi connectivity index (χ2v) is 17.0. The summed E-state index contributed by atoms with van der Waals surface area (Å²) in [6, 6.07) is 8.97. The number of unbranched alkanes of at least 4 members (excludes halogenated alkanes) is 2. The summed E-state index contributed by atoms with van der Waals surface area (Å²) in [4.78, 5) is 0. The molecule has 1 fully saturated rings. The van der Waals surface area contributed by atoms with E-state index in [0.29, 0.717) is 36.4 Å². The van der Waals surface area contributed by atoms with Crippen LogP contribution in [0.4, 0.5) is 0 Å². The normalized spacial score (nSPS) is 25.3. The zero-order chi connectivity index (χ0) is 23.9. The van der Waals surface area contributed by atoms with E-state index in [1.54, 1.807) is 0 Å². The van der Waals surface area contributed by atoms with Gasteiger partial charge < -0.3 is 9.53 Å². The predicted molar refractivity (Wildman–Crippen MR) is 142 cm³/mol. The molecule has 1 aromatic carbocycles. The average molecular weight is 461 g/mol. The van der Waals surface area contributed by atoms with Gasteiger partial charge in [0.25, 0.3) is 0 Å². The van der Waals surface area contributed by atoms with E-state index in [1.165, 1.54) is 56.1 Å². The van der Waals surface area contributed by atoms with Gasteiger partial charge in [-0.15, -0.1) is 0 Å². The molecule has 1 saturated carbocycles. The fourth-order valence-electron chi connectivity index (χ4n) is 5.59. The first-order valence-corrected chi connectivity index (χ1v) is 16.2. The molecule has 0 heterocycles. The molecule has 0 amide bonds. The number of hydrogen-bond acceptors (Lipinski definition) is 2. The summed E-state index contributed by atoms with van der Waals surface area (Å²) in [5, 5.41) is 10.4. The highest BCUT2D eigenvalue weighted by atomic mass is 28.4. The average Bonchev–Trinajstić information content (AvgIpc) is 2.99. The van der Waals surface area contributed by atoms with Crippen LogP contribution in [0.1, 0.15) is 90.7 Å². The van der Waals surface area contributed by atoms with E-state index in [0.717, 1.165) is 6.42 Å². The van der Waals surface area contributed by atoms with E-state index in [-0.39, 0.29) is 5.04 Å². The molecule has 1 aliphatic rings. The lowest BCUT2D eigenvalue weighted by molar-refractivity contribution is 0.132. The van der Waals surface area contributed by atoms with Gasteiger partial charge in [0.2, 0.25) is 0 Å². The van der Waals surface area contributed by atoms with Crippen molar-refractivity contribution in [3.63, 3.8) is 0 Å². The number of aryl methyl sites for hydroxylation is 1. The van der Waals surface area contributed by atoms with Gasteiger partial charge >= 0.3 is 0 Å². The maximum absolute atomic E-state index is 10.1. The van der Waals surface area contributed by atoms with Crippen LogP contribution in [0.15, 0.2) is 24.3 Å². The van der Waals surface area contributed by atoms with Crippen LogP contribution in [-0.2, 0) is 10.8 Å². The van der Waals surface area contributed by atoms with Crippen LogP contribution in [-0.4, -0.2) is 26.1 Å². The molecule has 1 aliphatic carbocycles. The first-order valence-electron chi connectivity index (χ1n) is 13.3. The first-order chi connectivity index (χ1) is 15.0. The van der Waals surface area contributed by atoms with Crippen molar-refractivity contribution in [2.75, 3.05) is 6.61 Å². The number of benzene rings is 1. The molecular weight excluding hydrogens is 408 g/mol. The van der Waals surface area contributed by atoms with Crippen LogP contribution in [0.3, 0.4) is 0 Å². The van der Waals surface area contributed by atoms with E-state index in [2.05, 4.69) is 78.9 Å². The Labute approximate surface area is 200 Å². The van der Waals surface area contributed by atoms with Crippen molar-refractivity contribution in [2.45, 2.75) is 117 Å². The molecule has 0 unspecified atom stereocenters. The third-order valence-corrected chi connectivity index (χ3v) is 13.1. The first kappa shape index (κ1) is 27.6. The monoisotopic (exact) mass is 460 g/mol. The summed E-state index contributed by atoms with van der Waals surface area (Å²) in [6.07, 6.45) is 10.1. The van der Waals surface area contributed by atoms with Crippen LogP contribution in [0.25, 0.3) is 0 Å². The summed E-state index contributed by atoms with van der Waals surface area (Å²) < 4.78 is 6.96. The molecule has 1 N–H and O–H groups in total. The number of rotatable bonds is 12. The molecule has 0 aliphatic heterocycles. The number of aliphatic hydroxyl groups excluding tert-OH is 1. The maximum atomic E-state index is 10.1. The largest absolute Gasteiger partial charge is 0.414 e. The topological polar surface area (TPSA) is 29.5 Å². The Bertz CT molecular complexity index is 678. The molecule has 0 aromatic heterocycles. The minimum absolute atomic E-state index is 0.256. The Morgan fingerprint density at radius 1 is 1.12 bits per heavy atom. The number of aliphatic hydroxyl groups is 1. The molecule has 3 heteroatoms. The molecule has 5 atom stereocenters. The molecule has 184 valence electrons. The molecule has 1 aromatic rings. The highest BCUT2D eigenvalue weighted by molar-refractivity contribution is 6.74.